The van der Waals surface area contributed by atoms with E-state index >= 15 is 0 Å². The highest BCUT2D eigenvalue weighted by molar-refractivity contribution is 6.65. The van der Waals surface area contributed by atoms with E-state index in [9.17, 15) is 19.2 Å². The predicted octanol–water partition coefficient (Wildman–Crippen LogP) is 1.12. The van der Waals surface area contributed by atoms with Crippen LogP contribution in [0.2, 0.25) is 6.04 Å². The zero-order chi connectivity index (χ0) is 17.2. The van der Waals surface area contributed by atoms with Crippen molar-refractivity contribution < 1.29 is 37.2 Å². The quantitative estimate of drug-likeness (QED) is 0.268. The van der Waals surface area contributed by atoms with Crippen LogP contribution in [0.4, 0.5) is 0 Å². The molecule has 0 aromatic carbocycles. The monoisotopic (exact) mass is 332 g/mol. The van der Waals surface area contributed by atoms with E-state index in [0.717, 1.165) is 19.9 Å². The van der Waals surface area contributed by atoms with Gasteiger partial charge in [-0.15, -0.1) is 0 Å². The van der Waals surface area contributed by atoms with Gasteiger partial charge in [-0.3, -0.25) is 14.4 Å². The van der Waals surface area contributed by atoms with Crippen LogP contribution in [-0.2, 0) is 37.2 Å². The molecule has 0 unspecified atom stereocenters. The average Bonchev–Trinajstić information content (AvgIpc) is 2.41. The maximum Gasteiger partial charge on any atom is 0.705 e. The third-order valence-corrected chi connectivity index (χ3v) is 4.90. The van der Waals surface area contributed by atoms with Gasteiger partial charge >= 0.3 is 14.8 Å². The van der Waals surface area contributed by atoms with Gasteiger partial charge in [0.05, 0.1) is 12.7 Å². The van der Waals surface area contributed by atoms with Gasteiger partial charge in [-0.1, -0.05) is 13.5 Å². The largest absolute Gasteiger partial charge is 0.705 e. The summed E-state index contributed by atoms with van der Waals surface area (Å²) in [5, 5.41) is 0. The van der Waals surface area contributed by atoms with E-state index in [1.807, 2.05) is 0 Å². The number of hydrogen-bond acceptors (Lipinski definition) is 8. The second-order valence-corrected chi connectivity index (χ2v) is 6.65. The summed E-state index contributed by atoms with van der Waals surface area (Å²) in [4.78, 5) is 44.9. The van der Waals surface area contributed by atoms with Gasteiger partial charge in [-0.2, -0.15) is 0 Å². The Morgan fingerprint density at radius 1 is 1.05 bits per heavy atom. The van der Waals surface area contributed by atoms with Crippen LogP contribution in [0.3, 0.4) is 0 Å². The smallest absolute Gasteiger partial charge is 0.463 e. The second-order valence-electron chi connectivity index (χ2n) is 4.17. The maximum absolute atomic E-state index is 11.5. The lowest BCUT2D eigenvalue weighted by Gasteiger charge is -2.26. The normalized spacial score (nSPS) is 10.3. The molecule has 0 radical (unpaired) electrons. The summed E-state index contributed by atoms with van der Waals surface area (Å²) < 4.78 is 19.9. The van der Waals surface area contributed by atoms with E-state index < -0.39 is 32.7 Å². The molecule has 0 bridgehead atoms. The van der Waals surface area contributed by atoms with E-state index in [4.69, 9.17) is 18.0 Å². The van der Waals surface area contributed by atoms with Crippen molar-refractivity contribution in [1.82, 2.24) is 0 Å². The molecule has 0 aliphatic heterocycles. The van der Waals surface area contributed by atoms with Crippen molar-refractivity contribution in [3.05, 3.63) is 12.7 Å². The zero-order valence-electron chi connectivity index (χ0n) is 12.9. The third kappa shape index (κ3) is 8.20. The van der Waals surface area contributed by atoms with Crippen molar-refractivity contribution in [3.8, 4) is 0 Å². The number of ether oxygens (including phenoxy) is 1. The maximum atomic E-state index is 11.5. The molecule has 0 N–H and O–H groups in total. The highest BCUT2D eigenvalue weighted by Gasteiger charge is 2.51. The molecular formula is C13H20O8Si. The first kappa shape index (κ1) is 19.8. The Labute approximate surface area is 129 Å². The Balaban J connectivity index is 4.94. The summed E-state index contributed by atoms with van der Waals surface area (Å²) in [6, 6.07) is -0.0394. The number of rotatable bonds is 9. The van der Waals surface area contributed by atoms with Gasteiger partial charge < -0.3 is 18.0 Å². The molecule has 9 heteroatoms. The molecule has 22 heavy (non-hydrogen) atoms. The van der Waals surface area contributed by atoms with Gasteiger partial charge in [0.2, 0.25) is 0 Å². The zero-order valence-corrected chi connectivity index (χ0v) is 13.9. The number of esters is 1. The molecule has 0 saturated carbocycles. The van der Waals surface area contributed by atoms with Gasteiger partial charge in [0.25, 0.3) is 17.9 Å². The Morgan fingerprint density at radius 2 is 1.59 bits per heavy atom. The molecule has 124 valence electrons. The minimum atomic E-state index is -3.85. The van der Waals surface area contributed by atoms with Crippen molar-refractivity contribution in [2.75, 3.05) is 6.61 Å². The van der Waals surface area contributed by atoms with Gasteiger partial charge in [0.15, 0.2) is 0 Å². The fourth-order valence-electron chi connectivity index (χ4n) is 1.42. The lowest BCUT2D eigenvalue weighted by Crippen LogP contribution is -2.49. The topological polar surface area (TPSA) is 105 Å². The summed E-state index contributed by atoms with van der Waals surface area (Å²) >= 11 is 0. The van der Waals surface area contributed by atoms with Crippen LogP contribution in [0.5, 0.6) is 0 Å². The molecule has 0 aromatic rings. The lowest BCUT2D eigenvalue weighted by molar-refractivity contribution is -0.149. The molecule has 8 nitrogen and oxygen atoms in total. The standard InChI is InChI=1S/C13H20O8Si/c1-5-12(16)18-8-7-9-22(19-10(3)14,20-11(4)15)21-13(17)6-2/h5H,1,6-9H2,2-4H3. The molecule has 0 atom stereocenters. The van der Waals surface area contributed by atoms with E-state index in [1.54, 1.807) is 6.92 Å². The van der Waals surface area contributed by atoms with Crippen LogP contribution in [0.1, 0.15) is 33.6 Å². The number of hydrogen-bond donors (Lipinski definition) is 0. The molecule has 0 spiro atoms. The molecule has 0 aliphatic carbocycles. The lowest BCUT2D eigenvalue weighted by atomic mass is 10.5. The summed E-state index contributed by atoms with van der Waals surface area (Å²) in [6.07, 6.45) is 1.21. The second kappa shape index (κ2) is 9.72. The van der Waals surface area contributed by atoms with Crippen molar-refractivity contribution in [2.24, 2.45) is 0 Å². The van der Waals surface area contributed by atoms with Crippen LogP contribution >= 0.6 is 0 Å². The van der Waals surface area contributed by atoms with E-state index in [-0.39, 0.29) is 25.5 Å². The highest BCUT2D eigenvalue weighted by Crippen LogP contribution is 2.20. The van der Waals surface area contributed by atoms with Crippen LogP contribution in [0.15, 0.2) is 12.7 Å². The Morgan fingerprint density at radius 3 is 2.00 bits per heavy atom. The molecule has 0 saturated heterocycles. The Hall–Kier alpha value is -2.16. The molecular weight excluding hydrogens is 312 g/mol. The Kier molecular flexibility index (Phi) is 8.76. The summed E-state index contributed by atoms with van der Waals surface area (Å²) in [5.41, 5.74) is 0. The van der Waals surface area contributed by atoms with E-state index in [2.05, 4.69) is 6.58 Å². The molecule has 0 rings (SSSR count). The van der Waals surface area contributed by atoms with Crippen molar-refractivity contribution in [3.63, 3.8) is 0 Å². The van der Waals surface area contributed by atoms with Crippen LogP contribution in [-0.4, -0.2) is 39.3 Å². The first-order valence-corrected chi connectivity index (χ1v) is 8.58. The van der Waals surface area contributed by atoms with Crippen LogP contribution in [0.25, 0.3) is 0 Å². The molecule has 0 aliphatic rings. The van der Waals surface area contributed by atoms with Crippen molar-refractivity contribution in [1.29, 1.82) is 0 Å². The minimum Gasteiger partial charge on any atom is -0.463 e. The summed E-state index contributed by atoms with van der Waals surface area (Å²) in [5.74, 6) is -2.74. The first-order chi connectivity index (χ1) is 10.2. The van der Waals surface area contributed by atoms with Gasteiger partial charge in [-0.25, -0.2) is 4.79 Å². The number of carbonyl (C=O) groups is 4. The van der Waals surface area contributed by atoms with E-state index in [0.29, 0.717) is 0 Å². The summed E-state index contributed by atoms with van der Waals surface area (Å²) in [6.45, 7) is 7.00. The highest BCUT2D eigenvalue weighted by atomic mass is 28.4. The SMILES string of the molecule is C=CC(=O)OCCC[Si](OC(C)=O)(OC(C)=O)OC(=O)CC. The first-order valence-electron chi connectivity index (χ1n) is 6.65. The average molecular weight is 332 g/mol. The van der Waals surface area contributed by atoms with Crippen molar-refractivity contribution >= 4 is 32.7 Å². The predicted molar refractivity (Wildman–Crippen MR) is 76.2 cm³/mol. The minimum absolute atomic E-state index is 0.0220. The van der Waals surface area contributed by atoms with Crippen LogP contribution < -0.4 is 0 Å². The molecule has 0 aromatic heterocycles. The van der Waals surface area contributed by atoms with E-state index in [1.165, 1.54) is 0 Å². The summed E-state index contributed by atoms with van der Waals surface area (Å²) in [7, 11) is -3.85. The fourth-order valence-corrected chi connectivity index (χ4v) is 3.80. The van der Waals surface area contributed by atoms with Gasteiger partial charge in [0, 0.05) is 26.3 Å². The van der Waals surface area contributed by atoms with Gasteiger partial charge in [0.1, 0.15) is 0 Å². The van der Waals surface area contributed by atoms with Crippen LogP contribution in [0, 0.1) is 0 Å². The Bertz CT molecular complexity index is 429. The number of carbonyl (C=O) groups excluding carboxylic acids is 4. The molecule has 0 heterocycles. The molecule has 0 fully saturated rings. The van der Waals surface area contributed by atoms with Crippen molar-refractivity contribution in [2.45, 2.75) is 39.7 Å². The van der Waals surface area contributed by atoms with Gasteiger partial charge in [-0.05, 0) is 6.42 Å². The fraction of sp³-hybridized carbons (Fsp3) is 0.538. The molecule has 0 amide bonds. The third-order valence-electron chi connectivity index (χ3n) is 2.19.